The van der Waals surface area contributed by atoms with Crippen molar-refractivity contribution in [3.63, 3.8) is 0 Å². The van der Waals surface area contributed by atoms with Gasteiger partial charge in [0, 0.05) is 10.6 Å². The predicted molar refractivity (Wildman–Crippen MR) is 55.3 cm³/mol. The largest absolute Gasteiger partial charge is 0.343 e. The second-order valence-electron chi connectivity index (χ2n) is 3.54. The standard InChI is InChI=1S/C11H13ClO2/c1-7-8(2)14-11(13-7)9-5-3-4-6-10(9)12/h3-8,11H,1-2H3/t7-,8-/m0/s1. The van der Waals surface area contributed by atoms with Gasteiger partial charge in [0.25, 0.3) is 0 Å². The van der Waals surface area contributed by atoms with E-state index in [1.54, 1.807) is 0 Å². The van der Waals surface area contributed by atoms with Crippen LogP contribution in [0.3, 0.4) is 0 Å². The average molecular weight is 213 g/mol. The van der Waals surface area contributed by atoms with Gasteiger partial charge in [0.05, 0.1) is 12.2 Å². The first-order valence-electron chi connectivity index (χ1n) is 4.74. The third-order valence-corrected chi connectivity index (χ3v) is 2.84. The fourth-order valence-corrected chi connectivity index (χ4v) is 1.68. The van der Waals surface area contributed by atoms with Gasteiger partial charge in [-0.2, -0.15) is 0 Å². The monoisotopic (exact) mass is 212 g/mol. The zero-order valence-corrected chi connectivity index (χ0v) is 8.99. The van der Waals surface area contributed by atoms with Crippen molar-refractivity contribution in [2.45, 2.75) is 32.3 Å². The SMILES string of the molecule is C[C@@H]1OC(c2ccccc2Cl)O[C@H]1C. The van der Waals surface area contributed by atoms with Gasteiger partial charge in [0.15, 0.2) is 6.29 Å². The molecule has 14 heavy (non-hydrogen) atoms. The normalized spacial score (nSPS) is 28.2. The van der Waals surface area contributed by atoms with E-state index in [2.05, 4.69) is 0 Å². The maximum Gasteiger partial charge on any atom is 0.186 e. The van der Waals surface area contributed by atoms with E-state index >= 15 is 0 Å². The lowest BCUT2D eigenvalue weighted by Crippen LogP contribution is -2.13. The van der Waals surface area contributed by atoms with Gasteiger partial charge in [-0.05, 0) is 19.9 Å². The Morgan fingerprint density at radius 2 is 1.64 bits per heavy atom. The molecular weight excluding hydrogens is 200 g/mol. The van der Waals surface area contributed by atoms with Gasteiger partial charge in [-0.1, -0.05) is 29.8 Å². The first-order valence-corrected chi connectivity index (χ1v) is 5.11. The topological polar surface area (TPSA) is 18.5 Å². The Hall–Kier alpha value is -0.570. The van der Waals surface area contributed by atoms with Crippen LogP contribution in [0.1, 0.15) is 25.7 Å². The van der Waals surface area contributed by atoms with Crippen LogP contribution in [0.4, 0.5) is 0 Å². The maximum atomic E-state index is 6.04. The minimum Gasteiger partial charge on any atom is -0.343 e. The molecule has 0 aromatic heterocycles. The van der Waals surface area contributed by atoms with Crippen molar-refractivity contribution in [2.24, 2.45) is 0 Å². The number of benzene rings is 1. The van der Waals surface area contributed by atoms with Crippen LogP contribution in [-0.4, -0.2) is 12.2 Å². The van der Waals surface area contributed by atoms with Gasteiger partial charge in [-0.25, -0.2) is 0 Å². The van der Waals surface area contributed by atoms with Crippen LogP contribution in [-0.2, 0) is 9.47 Å². The molecule has 2 rings (SSSR count). The van der Waals surface area contributed by atoms with Crippen molar-refractivity contribution in [3.05, 3.63) is 34.9 Å². The summed E-state index contributed by atoms with van der Waals surface area (Å²) in [5, 5.41) is 0.693. The highest BCUT2D eigenvalue weighted by Gasteiger charge is 2.31. The molecular formula is C11H13ClO2. The Kier molecular flexibility index (Phi) is 2.77. The van der Waals surface area contributed by atoms with Crippen molar-refractivity contribution >= 4 is 11.6 Å². The van der Waals surface area contributed by atoms with E-state index in [-0.39, 0.29) is 18.5 Å². The molecule has 1 heterocycles. The number of halogens is 1. The lowest BCUT2D eigenvalue weighted by molar-refractivity contribution is -0.0652. The molecule has 0 saturated carbocycles. The van der Waals surface area contributed by atoms with Crippen LogP contribution in [0.5, 0.6) is 0 Å². The van der Waals surface area contributed by atoms with Gasteiger partial charge in [-0.15, -0.1) is 0 Å². The maximum absolute atomic E-state index is 6.04. The van der Waals surface area contributed by atoms with E-state index in [1.807, 2.05) is 38.1 Å². The van der Waals surface area contributed by atoms with Crippen LogP contribution in [0.15, 0.2) is 24.3 Å². The fourth-order valence-electron chi connectivity index (χ4n) is 1.46. The summed E-state index contributed by atoms with van der Waals surface area (Å²) in [6.45, 7) is 4.00. The quantitative estimate of drug-likeness (QED) is 0.712. The molecule has 3 heteroatoms. The van der Waals surface area contributed by atoms with Gasteiger partial charge < -0.3 is 9.47 Å². The minimum absolute atomic E-state index is 0.122. The van der Waals surface area contributed by atoms with Crippen LogP contribution in [0.2, 0.25) is 5.02 Å². The Labute approximate surface area is 88.8 Å². The molecule has 0 unspecified atom stereocenters. The molecule has 0 aliphatic carbocycles. The van der Waals surface area contributed by atoms with Crippen LogP contribution in [0, 0.1) is 0 Å². The molecule has 0 spiro atoms. The third-order valence-electron chi connectivity index (χ3n) is 2.50. The lowest BCUT2D eigenvalue weighted by atomic mass is 10.2. The molecule has 1 aromatic rings. The Morgan fingerprint density at radius 3 is 2.21 bits per heavy atom. The zero-order chi connectivity index (χ0) is 10.1. The lowest BCUT2D eigenvalue weighted by Gasteiger charge is -2.11. The minimum atomic E-state index is -0.311. The molecule has 1 fully saturated rings. The van der Waals surface area contributed by atoms with Gasteiger partial charge in [0.1, 0.15) is 0 Å². The molecule has 0 N–H and O–H groups in total. The van der Waals surface area contributed by atoms with E-state index in [4.69, 9.17) is 21.1 Å². The highest BCUT2D eigenvalue weighted by atomic mass is 35.5. The Morgan fingerprint density at radius 1 is 1.07 bits per heavy atom. The van der Waals surface area contributed by atoms with Crippen LogP contribution >= 0.6 is 11.6 Å². The first kappa shape index (κ1) is 9.97. The molecule has 1 saturated heterocycles. The summed E-state index contributed by atoms with van der Waals surface area (Å²) in [6.07, 6.45) is -0.0683. The van der Waals surface area contributed by atoms with Gasteiger partial charge >= 0.3 is 0 Å². The Balaban J connectivity index is 2.21. The molecule has 0 amide bonds. The van der Waals surface area contributed by atoms with E-state index in [1.165, 1.54) is 0 Å². The van der Waals surface area contributed by atoms with Crippen molar-refractivity contribution in [1.29, 1.82) is 0 Å². The first-order chi connectivity index (χ1) is 6.68. The summed E-state index contributed by atoms with van der Waals surface area (Å²) in [5.74, 6) is 0. The van der Waals surface area contributed by atoms with Crippen molar-refractivity contribution in [1.82, 2.24) is 0 Å². The molecule has 2 atom stereocenters. The molecule has 1 aliphatic heterocycles. The average Bonchev–Trinajstić information content (AvgIpc) is 2.48. The molecule has 1 aliphatic rings. The van der Waals surface area contributed by atoms with Crippen LogP contribution < -0.4 is 0 Å². The summed E-state index contributed by atoms with van der Waals surface area (Å²) in [6, 6.07) is 7.60. The number of ether oxygens (including phenoxy) is 2. The predicted octanol–water partition coefficient (Wildman–Crippen LogP) is 3.16. The number of hydrogen-bond donors (Lipinski definition) is 0. The molecule has 2 nitrogen and oxygen atoms in total. The Bertz CT molecular complexity index is 317. The summed E-state index contributed by atoms with van der Waals surface area (Å²) < 4.78 is 11.3. The summed E-state index contributed by atoms with van der Waals surface area (Å²) >= 11 is 6.04. The van der Waals surface area contributed by atoms with Crippen LogP contribution in [0.25, 0.3) is 0 Å². The number of rotatable bonds is 1. The van der Waals surface area contributed by atoms with E-state index in [0.29, 0.717) is 5.02 Å². The summed E-state index contributed by atoms with van der Waals surface area (Å²) in [7, 11) is 0. The van der Waals surface area contributed by atoms with Crippen molar-refractivity contribution in [2.75, 3.05) is 0 Å². The third kappa shape index (κ3) is 1.78. The van der Waals surface area contributed by atoms with Gasteiger partial charge in [-0.3, -0.25) is 0 Å². The highest BCUT2D eigenvalue weighted by molar-refractivity contribution is 6.31. The van der Waals surface area contributed by atoms with E-state index < -0.39 is 0 Å². The zero-order valence-electron chi connectivity index (χ0n) is 8.24. The molecule has 0 bridgehead atoms. The van der Waals surface area contributed by atoms with E-state index in [0.717, 1.165) is 5.56 Å². The summed E-state index contributed by atoms with van der Waals surface area (Å²) in [5.41, 5.74) is 0.908. The fraction of sp³-hybridized carbons (Fsp3) is 0.455. The smallest absolute Gasteiger partial charge is 0.186 e. The second-order valence-corrected chi connectivity index (χ2v) is 3.94. The highest BCUT2D eigenvalue weighted by Crippen LogP contribution is 2.34. The molecule has 0 radical (unpaired) electrons. The second kappa shape index (κ2) is 3.89. The molecule has 1 aromatic carbocycles. The van der Waals surface area contributed by atoms with E-state index in [9.17, 15) is 0 Å². The van der Waals surface area contributed by atoms with Crippen molar-refractivity contribution in [3.8, 4) is 0 Å². The van der Waals surface area contributed by atoms with Gasteiger partial charge in [0.2, 0.25) is 0 Å². The molecule has 76 valence electrons. The number of hydrogen-bond acceptors (Lipinski definition) is 2. The van der Waals surface area contributed by atoms with Crippen molar-refractivity contribution < 1.29 is 9.47 Å². The summed E-state index contributed by atoms with van der Waals surface area (Å²) in [4.78, 5) is 0.